The number of sulfonamides is 1. The lowest BCUT2D eigenvalue weighted by molar-refractivity contribution is 0.0953. The molecule has 0 saturated heterocycles. The molecule has 25 heavy (non-hydrogen) atoms. The van der Waals surface area contributed by atoms with Crippen molar-refractivity contribution in [2.45, 2.75) is 17.7 Å². The molecule has 9 heteroatoms. The summed E-state index contributed by atoms with van der Waals surface area (Å²) >= 11 is 0. The zero-order valence-electron chi connectivity index (χ0n) is 14.3. The molecule has 0 bridgehead atoms. The zero-order chi connectivity index (χ0) is 17.4. The molecule has 0 heterocycles. The number of benzene rings is 1. The van der Waals surface area contributed by atoms with E-state index in [9.17, 15) is 13.2 Å². The molecule has 7 nitrogen and oxygen atoms in total. The minimum atomic E-state index is -3.56. The number of hydrogen-bond acceptors (Lipinski definition) is 5. The van der Waals surface area contributed by atoms with Gasteiger partial charge in [-0.3, -0.25) is 4.79 Å². The lowest BCUT2D eigenvalue weighted by atomic mass is 10.2. The third-order valence-corrected chi connectivity index (χ3v) is 5.16. The molecule has 1 amide bonds. The maximum Gasteiger partial charge on any atom is 0.251 e. The summed E-state index contributed by atoms with van der Waals surface area (Å²) in [6, 6.07) is 6.09. The first kappa shape index (κ1) is 21.9. The van der Waals surface area contributed by atoms with Crippen LogP contribution in [0, 0.1) is 5.92 Å². The third-order valence-electron chi connectivity index (χ3n) is 3.74. The number of ether oxygens (including phenoxy) is 1. The molecule has 1 aromatic carbocycles. The topological polar surface area (TPSA) is 96.5 Å². The Morgan fingerprint density at radius 1 is 1.24 bits per heavy atom. The zero-order valence-corrected chi connectivity index (χ0v) is 15.9. The summed E-state index contributed by atoms with van der Waals surface area (Å²) in [7, 11) is -1.93. The van der Waals surface area contributed by atoms with E-state index in [0.29, 0.717) is 44.3 Å². The van der Waals surface area contributed by atoms with Gasteiger partial charge in [0, 0.05) is 38.9 Å². The predicted octanol–water partition coefficient (Wildman–Crippen LogP) is 0.763. The number of hydrogen-bond donors (Lipinski definition) is 3. The van der Waals surface area contributed by atoms with Crippen LogP contribution in [0.1, 0.15) is 23.2 Å². The molecular formula is C16H26ClN3O4S. The van der Waals surface area contributed by atoms with Gasteiger partial charge in [0.2, 0.25) is 10.0 Å². The van der Waals surface area contributed by atoms with Crippen molar-refractivity contribution in [3.63, 3.8) is 0 Å². The fourth-order valence-corrected chi connectivity index (χ4v) is 3.26. The minimum absolute atomic E-state index is 0. The Morgan fingerprint density at radius 3 is 2.68 bits per heavy atom. The van der Waals surface area contributed by atoms with Gasteiger partial charge in [-0.2, -0.15) is 0 Å². The van der Waals surface area contributed by atoms with E-state index in [1.54, 1.807) is 19.2 Å². The number of methoxy groups -OCH3 is 1. The second-order valence-electron chi connectivity index (χ2n) is 5.82. The molecule has 142 valence electrons. The number of carbonyl (C=O) groups is 1. The SMILES string of the molecule is COCCNCCNC(=O)c1cccc(S(=O)(=O)NCC2CC2)c1.Cl. The van der Waals surface area contributed by atoms with Crippen LogP contribution < -0.4 is 15.4 Å². The van der Waals surface area contributed by atoms with E-state index in [-0.39, 0.29) is 23.2 Å². The van der Waals surface area contributed by atoms with Crippen LogP contribution in [-0.2, 0) is 14.8 Å². The second-order valence-corrected chi connectivity index (χ2v) is 7.59. The van der Waals surface area contributed by atoms with Gasteiger partial charge >= 0.3 is 0 Å². The highest BCUT2D eigenvalue weighted by Gasteiger charge is 2.24. The van der Waals surface area contributed by atoms with Gasteiger partial charge in [-0.15, -0.1) is 12.4 Å². The number of amides is 1. The summed E-state index contributed by atoms with van der Waals surface area (Å²) in [6.45, 7) is 2.87. The van der Waals surface area contributed by atoms with Gasteiger partial charge in [0.05, 0.1) is 11.5 Å². The molecule has 1 saturated carbocycles. The molecule has 1 aromatic rings. The lowest BCUT2D eigenvalue weighted by Crippen LogP contribution is -2.33. The summed E-state index contributed by atoms with van der Waals surface area (Å²) in [5, 5.41) is 5.87. The standard InChI is InChI=1S/C16H25N3O4S.ClH/c1-23-10-9-17-7-8-18-16(20)14-3-2-4-15(11-14)24(21,22)19-12-13-5-6-13;/h2-4,11,13,17,19H,5-10,12H2,1H3,(H,18,20);1H. The van der Waals surface area contributed by atoms with Crippen LogP contribution in [0.5, 0.6) is 0 Å². The quantitative estimate of drug-likeness (QED) is 0.484. The first-order chi connectivity index (χ1) is 11.5. The highest BCUT2D eigenvalue weighted by atomic mass is 35.5. The molecule has 0 atom stereocenters. The van der Waals surface area contributed by atoms with Gasteiger partial charge < -0.3 is 15.4 Å². The van der Waals surface area contributed by atoms with E-state index in [1.165, 1.54) is 12.1 Å². The molecule has 0 spiro atoms. The molecule has 1 aliphatic carbocycles. The maximum atomic E-state index is 12.2. The van der Waals surface area contributed by atoms with Crippen molar-refractivity contribution in [1.29, 1.82) is 0 Å². The summed E-state index contributed by atoms with van der Waals surface area (Å²) in [6.07, 6.45) is 2.15. The molecule has 0 unspecified atom stereocenters. The molecule has 0 aliphatic heterocycles. The predicted molar refractivity (Wildman–Crippen MR) is 98.7 cm³/mol. The van der Waals surface area contributed by atoms with Crippen LogP contribution in [0.4, 0.5) is 0 Å². The van der Waals surface area contributed by atoms with Gasteiger partial charge in [-0.25, -0.2) is 13.1 Å². The Bertz CT molecular complexity index is 651. The molecule has 0 aromatic heterocycles. The van der Waals surface area contributed by atoms with E-state index in [4.69, 9.17) is 4.74 Å². The Morgan fingerprint density at radius 2 is 2.00 bits per heavy atom. The van der Waals surface area contributed by atoms with E-state index in [0.717, 1.165) is 12.8 Å². The largest absolute Gasteiger partial charge is 0.383 e. The highest BCUT2D eigenvalue weighted by Crippen LogP contribution is 2.28. The number of halogens is 1. The molecule has 2 rings (SSSR count). The first-order valence-electron chi connectivity index (χ1n) is 8.10. The van der Waals surface area contributed by atoms with E-state index < -0.39 is 10.0 Å². The monoisotopic (exact) mass is 391 g/mol. The highest BCUT2D eigenvalue weighted by molar-refractivity contribution is 7.89. The molecule has 1 aliphatic rings. The Balaban J connectivity index is 0.00000312. The van der Waals surface area contributed by atoms with Gasteiger partial charge in [0.15, 0.2) is 0 Å². The van der Waals surface area contributed by atoms with Crippen molar-refractivity contribution in [2.24, 2.45) is 5.92 Å². The van der Waals surface area contributed by atoms with E-state index >= 15 is 0 Å². The van der Waals surface area contributed by atoms with E-state index in [1.807, 2.05) is 0 Å². The molecule has 1 fully saturated rings. The van der Waals surface area contributed by atoms with Crippen molar-refractivity contribution in [1.82, 2.24) is 15.4 Å². The van der Waals surface area contributed by atoms with Crippen molar-refractivity contribution in [2.75, 3.05) is 39.9 Å². The molecule has 3 N–H and O–H groups in total. The average Bonchev–Trinajstić information content (AvgIpc) is 3.40. The maximum absolute atomic E-state index is 12.2. The first-order valence-corrected chi connectivity index (χ1v) is 9.59. The molecule has 0 radical (unpaired) electrons. The Hall–Kier alpha value is -1.19. The number of carbonyl (C=O) groups excluding carboxylic acids is 1. The van der Waals surface area contributed by atoms with Gasteiger partial charge in [-0.05, 0) is 37.0 Å². The normalized spacial score (nSPS) is 14.0. The van der Waals surface area contributed by atoms with Crippen LogP contribution in [0.3, 0.4) is 0 Å². The minimum Gasteiger partial charge on any atom is -0.383 e. The van der Waals surface area contributed by atoms with Crippen molar-refractivity contribution in [3.8, 4) is 0 Å². The summed E-state index contributed by atoms with van der Waals surface area (Å²) in [4.78, 5) is 12.2. The fourth-order valence-electron chi connectivity index (χ4n) is 2.10. The summed E-state index contributed by atoms with van der Waals surface area (Å²) in [5.41, 5.74) is 0.334. The second kappa shape index (κ2) is 10.7. The van der Waals surface area contributed by atoms with Crippen molar-refractivity contribution < 1.29 is 17.9 Å². The van der Waals surface area contributed by atoms with Crippen LogP contribution in [0.2, 0.25) is 0 Å². The van der Waals surface area contributed by atoms with Gasteiger partial charge in [0.1, 0.15) is 0 Å². The van der Waals surface area contributed by atoms with Crippen molar-refractivity contribution >= 4 is 28.3 Å². The van der Waals surface area contributed by atoms with E-state index in [2.05, 4.69) is 15.4 Å². The van der Waals surface area contributed by atoms with Crippen molar-refractivity contribution in [3.05, 3.63) is 29.8 Å². The van der Waals surface area contributed by atoms with Gasteiger partial charge in [-0.1, -0.05) is 6.07 Å². The molecular weight excluding hydrogens is 366 g/mol. The smallest absolute Gasteiger partial charge is 0.251 e. The van der Waals surface area contributed by atoms with Crippen LogP contribution >= 0.6 is 12.4 Å². The number of nitrogens with one attached hydrogen (secondary N) is 3. The Labute approximate surface area is 155 Å². The lowest BCUT2D eigenvalue weighted by Gasteiger charge is -2.09. The number of rotatable bonds is 11. The van der Waals surface area contributed by atoms with Crippen LogP contribution in [0.25, 0.3) is 0 Å². The summed E-state index contributed by atoms with van der Waals surface area (Å²) < 4.78 is 32.0. The fraction of sp³-hybridized carbons (Fsp3) is 0.562. The summed E-state index contributed by atoms with van der Waals surface area (Å²) in [5.74, 6) is 0.166. The average molecular weight is 392 g/mol. The van der Waals surface area contributed by atoms with Crippen LogP contribution in [-0.4, -0.2) is 54.2 Å². The van der Waals surface area contributed by atoms with Crippen LogP contribution in [0.15, 0.2) is 29.2 Å². The Kier molecular flexibility index (Phi) is 9.37. The van der Waals surface area contributed by atoms with Gasteiger partial charge in [0.25, 0.3) is 5.91 Å². The third kappa shape index (κ3) is 7.70.